The van der Waals surface area contributed by atoms with Crippen molar-refractivity contribution in [3.63, 3.8) is 0 Å². The zero-order valence-electron chi connectivity index (χ0n) is 12.2. The van der Waals surface area contributed by atoms with Crippen molar-refractivity contribution in [2.24, 2.45) is 7.05 Å². The highest BCUT2D eigenvalue weighted by molar-refractivity contribution is 7.05. The van der Waals surface area contributed by atoms with Gasteiger partial charge in [0, 0.05) is 44.1 Å². The average Bonchev–Trinajstić information content (AvgIpc) is 3.19. The van der Waals surface area contributed by atoms with Gasteiger partial charge in [-0.15, -0.1) is 0 Å². The zero-order valence-corrected chi connectivity index (χ0v) is 13.0. The third-order valence-electron chi connectivity index (χ3n) is 3.61. The minimum atomic E-state index is -0.225. The van der Waals surface area contributed by atoms with E-state index in [-0.39, 0.29) is 18.5 Å². The second-order valence-electron chi connectivity index (χ2n) is 5.03. The number of hydrogen-bond donors (Lipinski definition) is 0. The van der Waals surface area contributed by atoms with Crippen molar-refractivity contribution < 1.29 is 9.59 Å². The van der Waals surface area contributed by atoms with Crippen LogP contribution in [0.15, 0.2) is 18.6 Å². The Morgan fingerprint density at radius 3 is 2.82 bits per heavy atom. The van der Waals surface area contributed by atoms with Gasteiger partial charge in [0.2, 0.25) is 5.91 Å². The Morgan fingerprint density at radius 2 is 2.14 bits per heavy atom. The second kappa shape index (κ2) is 6.22. The Bertz CT molecular complexity index is 668. The first kappa shape index (κ1) is 14.6. The van der Waals surface area contributed by atoms with E-state index in [1.165, 1.54) is 22.8 Å². The minimum absolute atomic E-state index is 0.149. The van der Waals surface area contributed by atoms with Crippen molar-refractivity contribution in [2.75, 3.05) is 19.6 Å². The van der Waals surface area contributed by atoms with Gasteiger partial charge < -0.3 is 4.90 Å². The Balaban J connectivity index is 1.55. The monoisotopic (exact) mass is 320 g/mol. The smallest absolute Gasteiger partial charge is 0.315 e. The molecule has 9 heteroatoms. The molecule has 1 fully saturated rings. The Hall–Kier alpha value is -2.29. The summed E-state index contributed by atoms with van der Waals surface area (Å²) >= 11 is 1.41. The third kappa shape index (κ3) is 2.98. The van der Waals surface area contributed by atoms with Crippen LogP contribution in [0.4, 0.5) is 4.79 Å². The lowest BCUT2D eigenvalue weighted by molar-refractivity contribution is -0.125. The quantitative estimate of drug-likeness (QED) is 0.716. The second-order valence-corrected chi connectivity index (χ2v) is 5.95. The topological polar surface area (TPSA) is 84.2 Å². The minimum Gasteiger partial charge on any atom is -0.315 e. The number of urea groups is 1. The summed E-state index contributed by atoms with van der Waals surface area (Å²) in [6.07, 6.45) is 4.44. The van der Waals surface area contributed by atoms with Gasteiger partial charge in [-0.25, -0.2) is 14.2 Å². The van der Waals surface area contributed by atoms with E-state index < -0.39 is 0 Å². The SMILES string of the molecule is Cn1ncnc1CCN1C(=O)CN(CCc2ccns2)C1=O. The van der Waals surface area contributed by atoms with Gasteiger partial charge in [0.25, 0.3) is 0 Å². The van der Waals surface area contributed by atoms with Crippen LogP contribution in [0.2, 0.25) is 0 Å². The van der Waals surface area contributed by atoms with Gasteiger partial charge in [0.15, 0.2) is 0 Å². The molecule has 22 heavy (non-hydrogen) atoms. The molecule has 0 aliphatic carbocycles. The van der Waals surface area contributed by atoms with Crippen molar-refractivity contribution in [3.8, 4) is 0 Å². The number of aromatic nitrogens is 4. The fourth-order valence-corrected chi connectivity index (χ4v) is 2.92. The maximum atomic E-state index is 12.3. The van der Waals surface area contributed by atoms with E-state index >= 15 is 0 Å². The summed E-state index contributed by atoms with van der Waals surface area (Å²) < 4.78 is 5.67. The molecule has 0 bridgehead atoms. The number of amides is 3. The van der Waals surface area contributed by atoms with Gasteiger partial charge in [-0.3, -0.25) is 14.4 Å². The number of rotatable bonds is 6. The molecular weight excluding hydrogens is 304 g/mol. The largest absolute Gasteiger partial charge is 0.327 e. The molecule has 116 valence electrons. The van der Waals surface area contributed by atoms with Crippen LogP contribution < -0.4 is 0 Å². The van der Waals surface area contributed by atoms with Crippen LogP contribution in [-0.4, -0.2) is 60.5 Å². The van der Waals surface area contributed by atoms with E-state index in [0.717, 1.165) is 17.1 Å². The molecule has 1 saturated heterocycles. The number of nitrogens with zero attached hydrogens (tertiary/aromatic N) is 6. The molecule has 0 N–H and O–H groups in total. The van der Waals surface area contributed by atoms with Crippen molar-refractivity contribution >= 4 is 23.5 Å². The van der Waals surface area contributed by atoms with Gasteiger partial charge in [0.05, 0.1) is 0 Å². The first-order valence-electron chi connectivity index (χ1n) is 6.97. The number of imide groups is 1. The number of hydrogen-bond acceptors (Lipinski definition) is 6. The molecule has 2 aromatic rings. The van der Waals surface area contributed by atoms with Gasteiger partial charge in [-0.1, -0.05) is 0 Å². The van der Waals surface area contributed by atoms with Crippen molar-refractivity contribution in [1.29, 1.82) is 0 Å². The van der Waals surface area contributed by atoms with Crippen molar-refractivity contribution in [3.05, 3.63) is 29.3 Å². The highest BCUT2D eigenvalue weighted by Gasteiger charge is 2.35. The Labute approximate surface area is 131 Å². The summed E-state index contributed by atoms with van der Waals surface area (Å²) in [5.74, 6) is 0.597. The van der Waals surface area contributed by atoms with Crippen molar-refractivity contribution in [1.82, 2.24) is 28.9 Å². The Kier molecular flexibility index (Phi) is 4.14. The molecule has 1 aliphatic heterocycles. The van der Waals surface area contributed by atoms with Crippen LogP contribution in [-0.2, 0) is 24.7 Å². The predicted molar refractivity (Wildman–Crippen MR) is 79.2 cm³/mol. The maximum Gasteiger partial charge on any atom is 0.327 e. The molecule has 0 radical (unpaired) electrons. The highest BCUT2D eigenvalue weighted by Crippen LogP contribution is 2.13. The molecule has 0 spiro atoms. The van der Waals surface area contributed by atoms with E-state index in [1.54, 1.807) is 22.8 Å². The van der Waals surface area contributed by atoms with Crippen LogP contribution >= 0.6 is 11.5 Å². The third-order valence-corrected chi connectivity index (χ3v) is 4.41. The maximum absolute atomic E-state index is 12.3. The lowest BCUT2D eigenvalue weighted by Crippen LogP contribution is -2.35. The molecule has 3 rings (SSSR count). The van der Waals surface area contributed by atoms with E-state index in [4.69, 9.17) is 0 Å². The fraction of sp³-hybridized carbons (Fsp3) is 0.462. The molecule has 0 saturated carbocycles. The standard InChI is InChI=1S/C13H16N6O2S/c1-17-11(14-9-15-17)4-7-19-12(20)8-18(13(19)21)6-3-10-2-5-16-22-10/h2,5,9H,3-4,6-8H2,1H3. The summed E-state index contributed by atoms with van der Waals surface area (Å²) in [5, 5.41) is 3.97. The molecule has 0 unspecified atom stereocenters. The lowest BCUT2D eigenvalue weighted by Gasteiger charge is -2.16. The van der Waals surface area contributed by atoms with Crippen LogP contribution in [0, 0.1) is 0 Å². The van der Waals surface area contributed by atoms with Gasteiger partial charge >= 0.3 is 6.03 Å². The van der Waals surface area contributed by atoms with Gasteiger partial charge in [-0.05, 0) is 17.6 Å². The summed E-state index contributed by atoms with van der Waals surface area (Å²) in [6.45, 7) is 1.02. The highest BCUT2D eigenvalue weighted by atomic mass is 32.1. The first-order valence-corrected chi connectivity index (χ1v) is 7.74. The summed E-state index contributed by atoms with van der Waals surface area (Å²) in [6, 6.07) is 1.70. The van der Waals surface area contributed by atoms with Gasteiger partial charge in [-0.2, -0.15) is 5.10 Å². The first-order chi connectivity index (χ1) is 10.6. The van der Waals surface area contributed by atoms with E-state index in [9.17, 15) is 9.59 Å². The Morgan fingerprint density at radius 1 is 1.27 bits per heavy atom. The number of carbonyl (C=O) groups excluding carboxylic acids is 2. The fourth-order valence-electron chi connectivity index (χ4n) is 2.36. The molecule has 1 aliphatic rings. The molecule has 2 aromatic heterocycles. The van der Waals surface area contributed by atoms with Crippen LogP contribution in [0.5, 0.6) is 0 Å². The molecule has 3 heterocycles. The number of carbonyl (C=O) groups is 2. The van der Waals surface area contributed by atoms with E-state index in [0.29, 0.717) is 19.5 Å². The molecule has 3 amide bonds. The van der Waals surface area contributed by atoms with E-state index in [1.807, 2.05) is 6.07 Å². The number of aryl methyl sites for hydroxylation is 1. The van der Waals surface area contributed by atoms with Crippen LogP contribution in [0.1, 0.15) is 10.7 Å². The summed E-state index contributed by atoms with van der Waals surface area (Å²) in [4.78, 5) is 32.4. The summed E-state index contributed by atoms with van der Waals surface area (Å²) in [7, 11) is 1.79. The normalized spacial score (nSPS) is 15.1. The van der Waals surface area contributed by atoms with Crippen LogP contribution in [0.25, 0.3) is 0 Å². The molecular formula is C13H16N6O2S. The molecule has 0 atom stereocenters. The van der Waals surface area contributed by atoms with Crippen molar-refractivity contribution in [2.45, 2.75) is 12.8 Å². The van der Waals surface area contributed by atoms with Crippen LogP contribution in [0.3, 0.4) is 0 Å². The predicted octanol–water partition coefficient (Wildman–Crippen LogP) is 0.321. The average molecular weight is 320 g/mol. The zero-order chi connectivity index (χ0) is 15.5. The van der Waals surface area contributed by atoms with Gasteiger partial charge in [0.1, 0.15) is 18.7 Å². The molecule has 0 aromatic carbocycles. The molecule has 8 nitrogen and oxygen atoms in total. The summed E-state index contributed by atoms with van der Waals surface area (Å²) in [5.41, 5.74) is 0. The van der Waals surface area contributed by atoms with E-state index in [2.05, 4.69) is 14.5 Å². The lowest BCUT2D eigenvalue weighted by atomic mass is 10.3.